The van der Waals surface area contributed by atoms with Crippen LogP contribution in [0.25, 0.3) is 10.9 Å². The number of carbonyl (C=O) groups is 1. The van der Waals surface area contributed by atoms with Crippen LogP contribution in [0.1, 0.15) is 42.6 Å². The number of aromatic nitrogens is 1. The van der Waals surface area contributed by atoms with Crippen LogP contribution in [0.3, 0.4) is 0 Å². The fraction of sp³-hybridized carbons (Fsp3) is 0.571. The Hall–Kier alpha value is -2.06. The van der Waals surface area contributed by atoms with E-state index in [4.69, 9.17) is 0 Å². The minimum Gasteiger partial charge on any atom is -0.388 e. The predicted molar refractivity (Wildman–Crippen MR) is 104 cm³/mol. The molecule has 3 heterocycles. The molecule has 2 aliphatic rings. The topological polar surface area (TPSA) is 59.6 Å². The Balaban J connectivity index is 1.39. The summed E-state index contributed by atoms with van der Waals surface area (Å²) >= 11 is 0. The van der Waals surface area contributed by atoms with Gasteiger partial charge in [0.05, 0.1) is 5.60 Å². The quantitative estimate of drug-likeness (QED) is 0.817. The number of likely N-dealkylation sites (tertiary alicyclic amines) is 2. The smallest absolute Gasteiger partial charge is 0.270 e. The summed E-state index contributed by atoms with van der Waals surface area (Å²) in [6, 6.07) is 5.97. The van der Waals surface area contributed by atoms with Crippen molar-refractivity contribution in [1.82, 2.24) is 14.8 Å². The van der Waals surface area contributed by atoms with Crippen molar-refractivity contribution < 1.29 is 23.1 Å². The van der Waals surface area contributed by atoms with Gasteiger partial charge in [0.15, 0.2) is 0 Å². The van der Waals surface area contributed by atoms with Crippen LogP contribution < -0.4 is 0 Å². The van der Waals surface area contributed by atoms with E-state index in [0.717, 1.165) is 0 Å². The number of hydrogen-bond acceptors (Lipinski definition) is 3. The molecule has 0 unspecified atom stereocenters. The van der Waals surface area contributed by atoms with Crippen LogP contribution in [-0.2, 0) is 0 Å². The Morgan fingerprint density at radius 3 is 2.59 bits per heavy atom. The zero-order chi connectivity index (χ0) is 20.6. The summed E-state index contributed by atoms with van der Waals surface area (Å²) in [6.07, 6.45) is 1.23. The number of hydrogen-bond donors (Lipinski definition) is 2. The zero-order valence-electron chi connectivity index (χ0n) is 16.3. The second kappa shape index (κ2) is 7.65. The lowest BCUT2D eigenvalue weighted by atomic mass is 9.93. The number of halogens is 3. The number of carbonyl (C=O) groups excluding carboxylic acids is 1. The van der Waals surface area contributed by atoms with Crippen molar-refractivity contribution in [3.63, 3.8) is 0 Å². The molecule has 2 aliphatic heterocycles. The first kappa shape index (κ1) is 20.2. The number of H-pyrrole nitrogens is 1. The molecule has 1 aromatic carbocycles. The van der Waals surface area contributed by atoms with Gasteiger partial charge in [0.2, 0.25) is 0 Å². The molecule has 29 heavy (non-hydrogen) atoms. The summed E-state index contributed by atoms with van der Waals surface area (Å²) in [6.45, 7) is 1.83. The van der Waals surface area contributed by atoms with Crippen LogP contribution in [0.2, 0.25) is 0 Å². The van der Waals surface area contributed by atoms with Gasteiger partial charge < -0.3 is 19.9 Å². The molecular formula is C21H26F3N3O2. The molecule has 1 atom stereocenters. The van der Waals surface area contributed by atoms with Gasteiger partial charge in [-0.05, 0) is 43.5 Å². The minimum atomic E-state index is -2.60. The van der Waals surface area contributed by atoms with E-state index in [9.17, 15) is 23.1 Å². The number of β-amino-alcohol motifs (C(OH)–C–C–N with tert-alkyl or cyclic N) is 1. The molecule has 5 nitrogen and oxygen atoms in total. The number of aliphatic hydroxyl groups is 1. The molecule has 4 rings (SSSR count). The van der Waals surface area contributed by atoms with Gasteiger partial charge in [-0.1, -0.05) is 0 Å². The van der Waals surface area contributed by atoms with Gasteiger partial charge in [0, 0.05) is 56.5 Å². The lowest BCUT2D eigenvalue weighted by Gasteiger charge is -2.37. The average molecular weight is 409 g/mol. The normalized spacial score (nSPS) is 25.9. The van der Waals surface area contributed by atoms with E-state index in [-0.39, 0.29) is 37.7 Å². The number of benzene rings is 1. The molecule has 158 valence electrons. The van der Waals surface area contributed by atoms with Crippen molar-refractivity contribution in [2.75, 3.05) is 32.7 Å². The van der Waals surface area contributed by atoms with E-state index in [2.05, 4.69) is 4.98 Å². The largest absolute Gasteiger partial charge is 0.388 e. The summed E-state index contributed by atoms with van der Waals surface area (Å²) in [5, 5.41) is 11.7. The molecule has 2 saturated heterocycles. The van der Waals surface area contributed by atoms with Crippen LogP contribution in [0.5, 0.6) is 0 Å². The second-order valence-electron chi connectivity index (χ2n) is 8.42. The van der Waals surface area contributed by atoms with Crippen LogP contribution in [0.4, 0.5) is 13.2 Å². The number of nitrogens with zero attached hydrogens (tertiary/aromatic N) is 2. The lowest BCUT2D eigenvalue weighted by molar-refractivity contribution is -0.0768. The average Bonchev–Trinajstić information content (AvgIpc) is 2.99. The molecule has 0 radical (unpaired) electrons. The second-order valence-corrected chi connectivity index (χ2v) is 8.42. The molecule has 1 amide bonds. The SMILES string of the molecule is O=C(c1cc2cc(F)ccc2[nH]1)N1CCC[C@](O)(CN2CCC(F)(F)CC2)CC1. The molecule has 0 saturated carbocycles. The first-order valence-electron chi connectivity index (χ1n) is 10.1. The molecule has 8 heteroatoms. The standard InChI is InChI=1S/C21H26F3N3O2/c22-16-2-3-17-15(12-16)13-18(25-17)19(28)27-8-1-4-20(29,5-11-27)14-26-9-6-21(23,24)7-10-26/h2-3,12-13,25,29H,1,4-11,14H2/t20-/m1/s1. The van der Waals surface area contributed by atoms with E-state index in [1.165, 1.54) is 12.1 Å². The maximum atomic E-state index is 13.4. The fourth-order valence-corrected chi connectivity index (χ4v) is 4.38. The summed E-state index contributed by atoms with van der Waals surface area (Å²) in [5.74, 6) is -3.14. The third-order valence-electron chi connectivity index (χ3n) is 6.12. The van der Waals surface area contributed by atoms with E-state index in [1.54, 1.807) is 17.0 Å². The summed E-state index contributed by atoms with van der Waals surface area (Å²) in [7, 11) is 0. The molecule has 0 spiro atoms. The van der Waals surface area contributed by atoms with Crippen LogP contribution in [0.15, 0.2) is 24.3 Å². The highest BCUT2D eigenvalue weighted by atomic mass is 19.3. The van der Waals surface area contributed by atoms with E-state index in [0.29, 0.717) is 55.5 Å². The van der Waals surface area contributed by atoms with Gasteiger partial charge in [-0.15, -0.1) is 0 Å². The summed E-state index contributed by atoms with van der Waals surface area (Å²) in [4.78, 5) is 19.5. The van der Waals surface area contributed by atoms with E-state index in [1.807, 2.05) is 4.90 Å². The molecular weight excluding hydrogens is 383 g/mol. The van der Waals surface area contributed by atoms with Crippen LogP contribution in [-0.4, -0.2) is 70.0 Å². The number of amides is 1. The van der Waals surface area contributed by atoms with Gasteiger partial charge in [-0.25, -0.2) is 13.2 Å². The molecule has 0 bridgehead atoms. The number of nitrogens with one attached hydrogen (secondary N) is 1. The van der Waals surface area contributed by atoms with E-state index < -0.39 is 11.5 Å². The fourth-order valence-electron chi connectivity index (χ4n) is 4.38. The lowest BCUT2D eigenvalue weighted by Crippen LogP contribution is -2.48. The van der Waals surface area contributed by atoms with Gasteiger partial charge in [0.1, 0.15) is 11.5 Å². The maximum Gasteiger partial charge on any atom is 0.270 e. The van der Waals surface area contributed by atoms with Gasteiger partial charge in [-0.3, -0.25) is 4.79 Å². The number of fused-ring (bicyclic) bond motifs is 1. The number of piperidine rings is 1. The maximum absolute atomic E-state index is 13.4. The number of rotatable bonds is 3. The first-order chi connectivity index (χ1) is 13.7. The van der Waals surface area contributed by atoms with Gasteiger partial charge in [0.25, 0.3) is 11.8 Å². The zero-order valence-corrected chi connectivity index (χ0v) is 16.3. The van der Waals surface area contributed by atoms with Crippen molar-refractivity contribution in [1.29, 1.82) is 0 Å². The van der Waals surface area contributed by atoms with Gasteiger partial charge in [-0.2, -0.15) is 0 Å². The monoisotopic (exact) mass is 409 g/mol. The van der Waals surface area contributed by atoms with Crippen molar-refractivity contribution in [2.24, 2.45) is 0 Å². The minimum absolute atomic E-state index is 0.172. The Kier molecular flexibility index (Phi) is 5.33. The molecule has 2 fully saturated rings. The summed E-state index contributed by atoms with van der Waals surface area (Å²) < 4.78 is 40.1. The Bertz CT molecular complexity index is 890. The van der Waals surface area contributed by atoms with Gasteiger partial charge >= 0.3 is 0 Å². The van der Waals surface area contributed by atoms with Crippen molar-refractivity contribution in [2.45, 2.75) is 43.6 Å². The third kappa shape index (κ3) is 4.59. The third-order valence-corrected chi connectivity index (χ3v) is 6.12. The summed E-state index contributed by atoms with van der Waals surface area (Å²) in [5.41, 5.74) is 0.114. The van der Waals surface area contributed by atoms with Crippen molar-refractivity contribution in [3.8, 4) is 0 Å². The van der Waals surface area contributed by atoms with Crippen molar-refractivity contribution in [3.05, 3.63) is 35.8 Å². The highest BCUT2D eigenvalue weighted by molar-refractivity contribution is 5.98. The molecule has 2 aromatic rings. The first-order valence-corrected chi connectivity index (χ1v) is 10.1. The Labute approximate surface area is 167 Å². The van der Waals surface area contributed by atoms with Crippen molar-refractivity contribution >= 4 is 16.8 Å². The highest BCUT2D eigenvalue weighted by Gasteiger charge is 2.38. The highest BCUT2D eigenvalue weighted by Crippen LogP contribution is 2.31. The number of aromatic amines is 1. The van der Waals surface area contributed by atoms with E-state index >= 15 is 0 Å². The van der Waals surface area contributed by atoms with Crippen LogP contribution in [0, 0.1) is 5.82 Å². The molecule has 2 N–H and O–H groups in total. The Morgan fingerprint density at radius 1 is 1.07 bits per heavy atom. The Morgan fingerprint density at radius 2 is 1.83 bits per heavy atom. The number of alkyl halides is 2. The predicted octanol–water partition coefficient (Wildman–Crippen LogP) is 3.40. The molecule has 1 aromatic heterocycles. The van der Waals surface area contributed by atoms with Crippen LogP contribution >= 0.6 is 0 Å². The molecule has 0 aliphatic carbocycles.